The SMILES string of the molecule is Cn1c(=O)n2n(c1=O)C(C)(/C=C\c1ccccn1)CC2=O. The molecule has 7 nitrogen and oxygen atoms in total. The van der Waals surface area contributed by atoms with E-state index < -0.39 is 16.9 Å². The molecule has 21 heavy (non-hydrogen) atoms. The van der Waals surface area contributed by atoms with Gasteiger partial charge in [0.25, 0.3) is 5.91 Å². The van der Waals surface area contributed by atoms with E-state index in [1.165, 1.54) is 11.7 Å². The lowest BCUT2D eigenvalue weighted by atomic mass is 9.98. The van der Waals surface area contributed by atoms with E-state index in [9.17, 15) is 14.4 Å². The first-order valence-corrected chi connectivity index (χ1v) is 6.49. The van der Waals surface area contributed by atoms with E-state index in [2.05, 4.69) is 4.98 Å². The molecular weight excluding hydrogens is 272 g/mol. The van der Waals surface area contributed by atoms with Crippen LogP contribution in [0, 0.1) is 0 Å². The van der Waals surface area contributed by atoms with Gasteiger partial charge in [-0.1, -0.05) is 12.1 Å². The number of pyridine rings is 1. The second kappa shape index (κ2) is 4.41. The number of aromatic nitrogens is 4. The van der Waals surface area contributed by atoms with Crippen LogP contribution in [0.15, 0.2) is 40.1 Å². The zero-order valence-corrected chi connectivity index (χ0v) is 11.7. The first-order valence-electron chi connectivity index (χ1n) is 6.49. The molecular formula is C14H14N4O3. The van der Waals surface area contributed by atoms with E-state index in [1.807, 2.05) is 12.1 Å². The molecule has 0 saturated carbocycles. The summed E-state index contributed by atoms with van der Waals surface area (Å²) in [5.41, 5.74) is -1.26. The van der Waals surface area contributed by atoms with Crippen molar-refractivity contribution < 1.29 is 4.79 Å². The van der Waals surface area contributed by atoms with Gasteiger partial charge in [-0.3, -0.25) is 9.78 Å². The molecule has 3 rings (SSSR count). The van der Waals surface area contributed by atoms with Gasteiger partial charge in [-0.25, -0.2) is 18.8 Å². The van der Waals surface area contributed by atoms with Gasteiger partial charge < -0.3 is 0 Å². The number of fused-ring (bicyclic) bond motifs is 1. The molecule has 0 fully saturated rings. The Labute approximate surface area is 119 Å². The van der Waals surface area contributed by atoms with Crippen molar-refractivity contribution >= 4 is 12.0 Å². The highest BCUT2D eigenvalue weighted by atomic mass is 16.2. The summed E-state index contributed by atoms with van der Waals surface area (Å²) in [5.74, 6) is -0.383. The summed E-state index contributed by atoms with van der Waals surface area (Å²) in [6.45, 7) is 1.74. The van der Waals surface area contributed by atoms with Crippen LogP contribution in [0.5, 0.6) is 0 Å². The third-order valence-corrected chi connectivity index (χ3v) is 3.67. The molecule has 1 aliphatic rings. The van der Waals surface area contributed by atoms with Gasteiger partial charge in [-0.05, 0) is 25.1 Å². The second-order valence-electron chi connectivity index (χ2n) is 5.26. The van der Waals surface area contributed by atoms with Gasteiger partial charge >= 0.3 is 11.4 Å². The Morgan fingerprint density at radius 2 is 2.00 bits per heavy atom. The predicted octanol–water partition coefficient (Wildman–Crippen LogP) is 0.216. The topological polar surface area (TPSA) is 78.9 Å². The standard InChI is InChI=1S/C14H14N4O3/c1-14(7-6-10-5-3-4-8-15-10)9-11(19)17-12(20)16(2)13(21)18(14)17/h3-8H,9H2,1-2H3/b7-6-. The largest absolute Gasteiger partial charge is 0.354 e. The average Bonchev–Trinajstić information content (AvgIpc) is 2.87. The molecule has 3 heterocycles. The number of carbonyl (C=O) groups is 1. The van der Waals surface area contributed by atoms with Crippen LogP contribution in [0.4, 0.5) is 0 Å². The van der Waals surface area contributed by atoms with Gasteiger partial charge in [0.05, 0.1) is 17.7 Å². The van der Waals surface area contributed by atoms with E-state index in [0.29, 0.717) is 0 Å². The van der Waals surface area contributed by atoms with Crippen LogP contribution >= 0.6 is 0 Å². The van der Waals surface area contributed by atoms with Gasteiger partial charge in [0.2, 0.25) is 0 Å². The Morgan fingerprint density at radius 1 is 1.24 bits per heavy atom. The molecule has 0 radical (unpaired) electrons. The first-order chi connectivity index (χ1) is 9.94. The predicted molar refractivity (Wildman–Crippen MR) is 76.1 cm³/mol. The monoisotopic (exact) mass is 286 g/mol. The fraction of sp³-hybridized carbons (Fsp3) is 0.286. The van der Waals surface area contributed by atoms with Gasteiger partial charge in [0.15, 0.2) is 0 Å². The molecule has 0 aromatic carbocycles. The molecule has 0 N–H and O–H groups in total. The van der Waals surface area contributed by atoms with Crippen molar-refractivity contribution in [3.8, 4) is 0 Å². The molecule has 1 aliphatic heterocycles. The highest BCUT2D eigenvalue weighted by Crippen LogP contribution is 2.27. The zero-order valence-electron chi connectivity index (χ0n) is 11.7. The Bertz CT molecular complexity index is 857. The molecule has 0 aliphatic carbocycles. The lowest BCUT2D eigenvalue weighted by molar-refractivity contribution is 0.0907. The first kappa shape index (κ1) is 13.3. The maximum atomic E-state index is 12.2. The Hall–Kier alpha value is -2.70. The fourth-order valence-corrected chi connectivity index (χ4v) is 2.53. The minimum absolute atomic E-state index is 0.0711. The number of rotatable bonds is 2. The molecule has 1 atom stereocenters. The van der Waals surface area contributed by atoms with E-state index in [0.717, 1.165) is 14.9 Å². The molecule has 0 saturated heterocycles. The van der Waals surface area contributed by atoms with E-state index in [1.54, 1.807) is 31.3 Å². The van der Waals surface area contributed by atoms with E-state index in [4.69, 9.17) is 0 Å². The summed E-state index contributed by atoms with van der Waals surface area (Å²) < 4.78 is 3.05. The lowest BCUT2D eigenvalue weighted by Crippen LogP contribution is -2.36. The lowest BCUT2D eigenvalue weighted by Gasteiger charge is -2.18. The van der Waals surface area contributed by atoms with Crippen molar-refractivity contribution in [3.63, 3.8) is 0 Å². The molecule has 0 spiro atoms. The maximum Gasteiger partial charge on any atom is 0.354 e. The normalized spacial score (nSPS) is 21.1. The van der Waals surface area contributed by atoms with Gasteiger partial charge in [-0.15, -0.1) is 0 Å². The van der Waals surface area contributed by atoms with Gasteiger partial charge in [-0.2, -0.15) is 4.68 Å². The van der Waals surface area contributed by atoms with E-state index >= 15 is 0 Å². The van der Waals surface area contributed by atoms with Crippen molar-refractivity contribution in [3.05, 3.63) is 57.1 Å². The average molecular weight is 286 g/mol. The van der Waals surface area contributed by atoms with E-state index in [-0.39, 0.29) is 12.3 Å². The molecule has 2 aromatic rings. The quantitative estimate of drug-likeness (QED) is 0.791. The summed E-state index contributed by atoms with van der Waals surface area (Å²) in [5, 5.41) is 0. The van der Waals surface area contributed by atoms with Crippen LogP contribution in [0.3, 0.4) is 0 Å². The number of hydrogen-bond acceptors (Lipinski definition) is 4. The van der Waals surface area contributed by atoms with Crippen molar-refractivity contribution in [2.24, 2.45) is 7.05 Å². The summed E-state index contributed by atoms with van der Waals surface area (Å²) in [6.07, 6.45) is 5.21. The molecule has 7 heteroatoms. The van der Waals surface area contributed by atoms with Crippen LogP contribution in [-0.4, -0.2) is 24.8 Å². The highest BCUT2D eigenvalue weighted by Gasteiger charge is 2.41. The van der Waals surface area contributed by atoms with Gasteiger partial charge in [0, 0.05) is 13.2 Å². The Morgan fingerprint density at radius 3 is 2.67 bits per heavy atom. The third kappa shape index (κ3) is 1.89. The summed E-state index contributed by atoms with van der Waals surface area (Å²) in [4.78, 5) is 40.2. The zero-order chi connectivity index (χ0) is 15.2. The van der Waals surface area contributed by atoms with Crippen molar-refractivity contribution in [1.29, 1.82) is 0 Å². The molecule has 2 aromatic heterocycles. The number of carbonyl (C=O) groups excluding carboxylic acids is 1. The van der Waals surface area contributed by atoms with Crippen LogP contribution in [-0.2, 0) is 12.6 Å². The summed E-state index contributed by atoms with van der Waals surface area (Å²) in [6, 6.07) is 5.47. The van der Waals surface area contributed by atoms with Gasteiger partial charge in [0.1, 0.15) is 0 Å². The van der Waals surface area contributed by atoms with Crippen molar-refractivity contribution in [2.75, 3.05) is 0 Å². The third-order valence-electron chi connectivity index (χ3n) is 3.67. The van der Waals surface area contributed by atoms with Crippen molar-refractivity contribution in [2.45, 2.75) is 18.9 Å². The summed E-state index contributed by atoms with van der Waals surface area (Å²) in [7, 11) is 1.36. The van der Waals surface area contributed by atoms with Crippen LogP contribution in [0.1, 0.15) is 23.8 Å². The molecule has 1 unspecified atom stereocenters. The highest BCUT2D eigenvalue weighted by molar-refractivity contribution is 5.81. The minimum Gasteiger partial charge on any atom is -0.272 e. The number of hydrogen-bond donors (Lipinski definition) is 0. The molecule has 0 bridgehead atoms. The van der Waals surface area contributed by atoms with Crippen LogP contribution in [0.2, 0.25) is 0 Å². The van der Waals surface area contributed by atoms with Crippen molar-refractivity contribution in [1.82, 2.24) is 18.9 Å². The smallest absolute Gasteiger partial charge is 0.272 e. The molecule has 108 valence electrons. The number of allylic oxidation sites excluding steroid dienone is 1. The number of nitrogens with zero attached hydrogens (tertiary/aromatic N) is 4. The Balaban J connectivity index is 2.12. The minimum atomic E-state index is -0.869. The summed E-state index contributed by atoms with van der Waals surface area (Å²) >= 11 is 0. The van der Waals surface area contributed by atoms with Crippen LogP contribution in [0.25, 0.3) is 6.08 Å². The Kier molecular flexibility index (Phi) is 2.79. The van der Waals surface area contributed by atoms with Crippen LogP contribution < -0.4 is 11.4 Å². The maximum absolute atomic E-state index is 12.2. The fourth-order valence-electron chi connectivity index (χ4n) is 2.53. The molecule has 0 amide bonds. The second-order valence-corrected chi connectivity index (χ2v) is 5.26.